The lowest BCUT2D eigenvalue weighted by molar-refractivity contribution is -0.135. The van der Waals surface area contributed by atoms with Crippen LogP contribution in [-0.2, 0) is 10.4 Å². The minimum atomic E-state index is -1.99. The van der Waals surface area contributed by atoms with Gasteiger partial charge in [-0.05, 0) is 36.8 Å². The first-order valence-corrected chi connectivity index (χ1v) is 8.42. The van der Waals surface area contributed by atoms with Gasteiger partial charge >= 0.3 is 0 Å². The Hall–Kier alpha value is -2.37. The molecule has 0 radical (unpaired) electrons. The van der Waals surface area contributed by atoms with Crippen LogP contribution in [0.5, 0.6) is 5.75 Å². The smallest absolute Gasteiger partial charge is 0.264 e. The largest absolute Gasteiger partial charge is 0.507 e. The minimum Gasteiger partial charge on any atom is -0.507 e. The Labute approximate surface area is 150 Å². The van der Waals surface area contributed by atoms with Crippen molar-refractivity contribution in [2.75, 3.05) is 11.4 Å². The minimum absolute atomic E-state index is 0.0706. The topological polar surface area (TPSA) is 77.8 Å². The molecule has 0 aliphatic carbocycles. The van der Waals surface area contributed by atoms with E-state index in [1.165, 1.54) is 23.1 Å². The fraction of sp³-hybridized carbons (Fsp3) is 0.263. The number of amides is 1. The van der Waals surface area contributed by atoms with Gasteiger partial charge in [0.1, 0.15) is 5.75 Å². The van der Waals surface area contributed by atoms with Gasteiger partial charge in [0.15, 0.2) is 11.4 Å². The first-order chi connectivity index (χ1) is 11.9. The molecule has 2 aromatic rings. The number of carbonyl (C=O) groups is 2. The van der Waals surface area contributed by atoms with Crippen LogP contribution in [0.1, 0.15) is 35.7 Å². The fourth-order valence-electron chi connectivity index (χ4n) is 3.18. The second-order valence-corrected chi connectivity index (χ2v) is 6.53. The fourth-order valence-corrected chi connectivity index (χ4v) is 3.35. The van der Waals surface area contributed by atoms with Crippen molar-refractivity contribution in [2.24, 2.45) is 0 Å². The third-order valence-electron chi connectivity index (χ3n) is 4.36. The summed E-state index contributed by atoms with van der Waals surface area (Å²) in [5.41, 5.74) is -1.04. The van der Waals surface area contributed by atoms with Crippen molar-refractivity contribution in [3.05, 3.63) is 58.6 Å². The highest BCUT2D eigenvalue weighted by atomic mass is 35.5. The molecule has 0 saturated heterocycles. The molecule has 1 aliphatic rings. The molecule has 2 N–H and O–H groups in total. The molecule has 5 nitrogen and oxygen atoms in total. The van der Waals surface area contributed by atoms with E-state index in [0.29, 0.717) is 29.2 Å². The molecule has 0 bridgehead atoms. The Morgan fingerprint density at radius 2 is 1.96 bits per heavy atom. The lowest BCUT2D eigenvalue weighted by Gasteiger charge is -2.22. The maximum atomic E-state index is 12.9. The Morgan fingerprint density at radius 3 is 2.64 bits per heavy atom. The van der Waals surface area contributed by atoms with Crippen molar-refractivity contribution in [3.63, 3.8) is 0 Å². The van der Waals surface area contributed by atoms with E-state index in [9.17, 15) is 19.8 Å². The normalized spacial score (nSPS) is 19.2. The Bertz CT molecular complexity index is 851. The number of ketones is 1. The number of nitrogens with zero attached hydrogens (tertiary/aromatic N) is 1. The third kappa shape index (κ3) is 2.90. The number of aliphatic hydroxyl groups is 1. The van der Waals surface area contributed by atoms with Gasteiger partial charge in [0.25, 0.3) is 5.91 Å². The van der Waals surface area contributed by atoms with E-state index in [-0.39, 0.29) is 11.3 Å². The van der Waals surface area contributed by atoms with Gasteiger partial charge in [0.05, 0.1) is 17.7 Å². The van der Waals surface area contributed by atoms with Gasteiger partial charge in [0, 0.05) is 17.1 Å². The number of benzene rings is 2. The molecule has 6 heteroatoms. The van der Waals surface area contributed by atoms with Crippen LogP contribution in [0.2, 0.25) is 5.02 Å². The van der Waals surface area contributed by atoms with Gasteiger partial charge in [-0.25, -0.2) is 0 Å². The van der Waals surface area contributed by atoms with Crippen molar-refractivity contribution in [3.8, 4) is 5.75 Å². The number of phenols is 1. The number of hydrogen-bond acceptors (Lipinski definition) is 4. The maximum absolute atomic E-state index is 12.9. The Balaban J connectivity index is 2.03. The molecule has 0 fully saturated rings. The van der Waals surface area contributed by atoms with Crippen molar-refractivity contribution in [2.45, 2.75) is 25.4 Å². The summed E-state index contributed by atoms with van der Waals surface area (Å²) in [6, 6.07) is 10.9. The second kappa shape index (κ2) is 6.50. The van der Waals surface area contributed by atoms with Crippen LogP contribution in [-0.4, -0.2) is 28.4 Å². The molecule has 25 heavy (non-hydrogen) atoms. The summed E-state index contributed by atoms with van der Waals surface area (Å²) in [6.45, 7) is 2.36. The second-order valence-electron chi connectivity index (χ2n) is 6.10. The molecule has 130 valence electrons. The van der Waals surface area contributed by atoms with E-state index < -0.39 is 23.7 Å². The Morgan fingerprint density at radius 1 is 1.24 bits per heavy atom. The predicted molar refractivity (Wildman–Crippen MR) is 95.0 cm³/mol. The summed E-state index contributed by atoms with van der Waals surface area (Å²) in [5.74, 6) is -1.24. The summed E-state index contributed by atoms with van der Waals surface area (Å²) in [4.78, 5) is 26.9. The number of anilines is 1. The number of para-hydroxylation sites is 1. The van der Waals surface area contributed by atoms with Crippen molar-refractivity contribution in [1.82, 2.24) is 0 Å². The molecule has 1 amide bonds. The van der Waals surface area contributed by atoms with Crippen LogP contribution >= 0.6 is 11.6 Å². The van der Waals surface area contributed by atoms with Crippen molar-refractivity contribution >= 4 is 29.0 Å². The molecule has 1 heterocycles. The van der Waals surface area contributed by atoms with Gasteiger partial charge in [-0.2, -0.15) is 0 Å². The molecule has 0 saturated carbocycles. The molecular weight excluding hydrogens is 342 g/mol. The molecular formula is C19H18ClNO4. The summed E-state index contributed by atoms with van der Waals surface area (Å²) in [7, 11) is 0. The van der Waals surface area contributed by atoms with Crippen LogP contribution < -0.4 is 4.90 Å². The zero-order valence-corrected chi connectivity index (χ0v) is 14.5. The van der Waals surface area contributed by atoms with Crippen molar-refractivity contribution in [1.29, 1.82) is 0 Å². The highest BCUT2D eigenvalue weighted by Crippen LogP contribution is 2.44. The van der Waals surface area contributed by atoms with Gasteiger partial charge in [-0.1, -0.05) is 30.7 Å². The summed E-state index contributed by atoms with van der Waals surface area (Å²) in [5, 5.41) is 21.3. The van der Waals surface area contributed by atoms with Crippen molar-refractivity contribution < 1.29 is 19.8 Å². The van der Waals surface area contributed by atoms with Crippen LogP contribution in [0.15, 0.2) is 42.5 Å². The van der Waals surface area contributed by atoms with Gasteiger partial charge in [-0.3, -0.25) is 9.59 Å². The molecule has 1 unspecified atom stereocenters. The van der Waals surface area contributed by atoms with Crippen LogP contribution in [0.25, 0.3) is 0 Å². The maximum Gasteiger partial charge on any atom is 0.264 e. The average Bonchev–Trinajstić information content (AvgIpc) is 2.77. The molecule has 1 aliphatic heterocycles. The number of halogens is 1. The highest BCUT2D eigenvalue weighted by Gasteiger charge is 2.50. The number of phenolic OH excluding ortho intramolecular Hbond substituents is 1. The van der Waals surface area contributed by atoms with E-state index in [2.05, 4.69) is 0 Å². The first-order valence-electron chi connectivity index (χ1n) is 8.04. The first kappa shape index (κ1) is 17.5. The molecule has 2 aromatic carbocycles. The van der Waals surface area contributed by atoms with Crippen LogP contribution in [0.3, 0.4) is 0 Å². The SMILES string of the molecule is CCCN1C(=O)C(O)(CC(=O)c2ccccc2O)c2cc(Cl)ccc21. The van der Waals surface area contributed by atoms with E-state index in [4.69, 9.17) is 11.6 Å². The summed E-state index contributed by atoms with van der Waals surface area (Å²) < 4.78 is 0. The van der Waals surface area contributed by atoms with Crippen LogP contribution in [0, 0.1) is 0 Å². The molecule has 3 rings (SSSR count). The number of aromatic hydroxyl groups is 1. The zero-order chi connectivity index (χ0) is 18.2. The van der Waals surface area contributed by atoms with E-state index in [1.807, 2.05) is 6.92 Å². The van der Waals surface area contributed by atoms with Gasteiger partial charge < -0.3 is 15.1 Å². The average molecular weight is 360 g/mol. The number of rotatable bonds is 5. The number of fused-ring (bicyclic) bond motifs is 1. The standard InChI is InChI=1S/C19H18ClNO4/c1-2-9-21-15-8-7-12(20)10-14(15)19(25,18(21)24)11-17(23)13-5-3-4-6-16(13)22/h3-8,10,22,25H,2,9,11H2,1H3. The van der Waals surface area contributed by atoms with Gasteiger partial charge in [0.2, 0.25) is 0 Å². The zero-order valence-electron chi connectivity index (χ0n) is 13.7. The molecule has 1 atom stereocenters. The van der Waals surface area contributed by atoms with E-state index in [0.717, 1.165) is 0 Å². The lowest BCUT2D eigenvalue weighted by atomic mass is 9.88. The monoisotopic (exact) mass is 359 g/mol. The van der Waals surface area contributed by atoms with Crippen LogP contribution in [0.4, 0.5) is 5.69 Å². The third-order valence-corrected chi connectivity index (χ3v) is 4.60. The number of hydrogen-bond donors (Lipinski definition) is 2. The van der Waals surface area contributed by atoms with E-state index >= 15 is 0 Å². The number of carbonyl (C=O) groups excluding carboxylic acids is 2. The lowest BCUT2D eigenvalue weighted by Crippen LogP contribution is -2.42. The highest BCUT2D eigenvalue weighted by molar-refractivity contribution is 6.31. The predicted octanol–water partition coefficient (Wildman–Crippen LogP) is 3.26. The quantitative estimate of drug-likeness (QED) is 0.803. The molecule has 0 spiro atoms. The van der Waals surface area contributed by atoms with E-state index in [1.54, 1.807) is 24.3 Å². The summed E-state index contributed by atoms with van der Waals surface area (Å²) in [6.07, 6.45) is 0.244. The number of Topliss-reactive ketones (excluding diaryl/α,β-unsaturated/α-hetero) is 1. The van der Waals surface area contributed by atoms with Gasteiger partial charge in [-0.15, -0.1) is 0 Å². The Kier molecular flexibility index (Phi) is 4.54. The molecule has 0 aromatic heterocycles. The summed E-state index contributed by atoms with van der Waals surface area (Å²) >= 11 is 6.04.